The number of hydrogen-bond donors (Lipinski definition) is 1. The Balaban J connectivity index is 1.30. The minimum absolute atomic E-state index is 0.0598. The maximum Gasteiger partial charge on any atom is 0.335 e. The van der Waals surface area contributed by atoms with E-state index in [1.165, 1.54) is 50.2 Å². The Bertz CT molecular complexity index is 1480. The van der Waals surface area contributed by atoms with Gasteiger partial charge in [0.2, 0.25) is 0 Å². The molecule has 216 valence electrons. The van der Waals surface area contributed by atoms with E-state index in [0.717, 1.165) is 28.2 Å². The molecule has 2 aromatic carbocycles. The molecule has 42 heavy (non-hydrogen) atoms. The maximum absolute atomic E-state index is 13.7. The highest BCUT2D eigenvalue weighted by atomic mass is 16.5. The molecule has 0 aromatic heterocycles. The standard InChI is InChI=1S/C35H36N2O5/c1-4-7-26-16-22(18-30(41-6-3)31(26)42-12-5-2)17-29-32(38)36-34(40)37(33(29)39)28-10-8-27(9-11-28)35-19-23-13-24(20-35)15-25(14-23)21-35/h2,4,8-11,16-18,23-25H,1,6-7,12-15,19-21H2,3H3,(H,36,38,40)/b29-17+. The highest BCUT2D eigenvalue weighted by molar-refractivity contribution is 6.39. The molecule has 7 nitrogen and oxygen atoms in total. The zero-order valence-electron chi connectivity index (χ0n) is 24.0. The SMILES string of the molecule is C#CCOc1c(CC=C)cc(/C=C2\C(=O)NC(=O)N(c3ccc(C45CC6CC(CC(C6)C4)C5)cc3)C2=O)cc1OCC. The number of hydrogen-bond acceptors (Lipinski definition) is 5. The molecule has 1 saturated heterocycles. The van der Waals surface area contributed by atoms with E-state index in [1.807, 2.05) is 19.1 Å². The molecule has 4 saturated carbocycles. The first-order chi connectivity index (χ1) is 20.3. The summed E-state index contributed by atoms with van der Waals surface area (Å²) >= 11 is 0. The number of rotatable bonds is 9. The molecule has 2 aromatic rings. The number of terminal acetylenes is 1. The number of ether oxygens (including phenoxy) is 2. The lowest BCUT2D eigenvalue weighted by Crippen LogP contribution is -2.54. The molecule has 0 spiro atoms. The number of carbonyl (C=O) groups is 3. The number of urea groups is 1. The van der Waals surface area contributed by atoms with Crippen LogP contribution in [0, 0.1) is 30.1 Å². The van der Waals surface area contributed by atoms with Gasteiger partial charge in [-0.05, 0) is 117 Å². The Morgan fingerprint density at radius 1 is 1.05 bits per heavy atom. The van der Waals surface area contributed by atoms with Crippen molar-refractivity contribution in [1.82, 2.24) is 5.32 Å². The second-order valence-electron chi connectivity index (χ2n) is 12.1. The fourth-order valence-electron chi connectivity index (χ4n) is 8.10. The summed E-state index contributed by atoms with van der Waals surface area (Å²) in [6.45, 7) is 6.10. The smallest absolute Gasteiger partial charge is 0.335 e. The summed E-state index contributed by atoms with van der Waals surface area (Å²) in [7, 11) is 0. The molecule has 0 atom stereocenters. The molecule has 7 heteroatoms. The molecule has 1 aliphatic heterocycles. The Hall–Kier alpha value is -4.31. The topological polar surface area (TPSA) is 84.9 Å². The minimum atomic E-state index is -0.759. The number of allylic oxidation sites excluding steroid dienone is 1. The summed E-state index contributed by atoms with van der Waals surface area (Å²) in [6, 6.07) is 10.6. The highest BCUT2D eigenvalue weighted by Crippen LogP contribution is 2.60. The summed E-state index contributed by atoms with van der Waals surface area (Å²) in [5, 5.41) is 2.34. The predicted molar refractivity (Wildman–Crippen MR) is 161 cm³/mol. The molecule has 4 bridgehead atoms. The quantitative estimate of drug-likeness (QED) is 0.176. The van der Waals surface area contributed by atoms with Gasteiger partial charge in [-0.3, -0.25) is 14.9 Å². The summed E-state index contributed by atoms with van der Waals surface area (Å²) < 4.78 is 11.6. The van der Waals surface area contributed by atoms with Gasteiger partial charge in [-0.2, -0.15) is 0 Å². The first-order valence-electron chi connectivity index (χ1n) is 14.8. The Labute approximate surface area is 247 Å². The van der Waals surface area contributed by atoms with Crippen LogP contribution in [-0.4, -0.2) is 31.1 Å². The molecule has 0 radical (unpaired) electrons. The Kier molecular flexibility index (Phi) is 7.40. The van der Waals surface area contributed by atoms with Gasteiger partial charge in [0, 0.05) is 5.56 Å². The van der Waals surface area contributed by atoms with Crippen molar-refractivity contribution in [2.75, 3.05) is 18.1 Å². The van der Waals surface area contributed by atoms with Crippen molar-refractivity contribution in [3.8, 4) is 23.8 Å². The van der Waals surface area contributed by atoms with Crippen molar-refractivity contribution in [2.24, 2.45) is 17.8 Å². The van der Waals surface area contributed by atoms with Gasteiger partial charge in [0.15, 0.2) is 11.5 Å². The normalized spacial score (nSPS) is 27.1. The average Bonchev–Trinajstić information content (AvgIpc) is 2.95. The van der Waals surface area contributed by atoms with Crippen LogP contribution in [-0.2, 0) is 21.4 Å². The number of nitrogens with one attached hydrogen (secondary N) is 1. The van der Waals surface area contributed by atoms with Gasteiger partial charge in [-0.1, -0.05) is 24.1 Å². The van der Waals surface area contributed by atoms with Crippen molar-refractivity contribution >= 4 is 29.6 Å². The van der Waals surface area contributed by atoms with Crippen LogP contribution in [0.5, 0.6) is 11.5 Å². The minimum Gasteiger partial charge on any atom is -0.490 e. The van der Waals surface area contributed by atoms with Gasteiger partial charge in [0.05, 0.1) is 12.3 Å². The van der Waals surface area contributed by atoms with Crippen LogP contribution in [0.25, 0.3) is 6.08 Å². The first-order valence-corrected chi connectivity index (χ1v) is 14.8. The molecule has 4 amide bonds. The zero-order valence-corrected chi connectivity index (χ0v) is 24.0. The third-order valence-corrected chi connectivity index (χ3v) is 9.31. The molecule has 1 heterocycles. The van der Waals surface area contributed by atoms with Gasteiger partial charge < -0.3 is 9.47 Å². The molecule has 7 rings (SSSR count). The average molecular weight is 565 g/mol. The van der Waals surface area contributed by atoms with Crippen molar-refractivity contribution in [3.63, 3.8) is 0 Å². The van der Waals surface area contributed by atoms with Gasteiger partial charge in [-0.25, -0.2) is 9.69 Å². The number of nitrogens with zero attached hydrogens (tertiary/aromatic N) is 1. The van der Waals surface area contributed by atoms with E-state index in [4.69, 9.17) is 15.9 Å². The molecular formula is C35H36N2O5. The highest BCUT2D eigenvalue weighted by Gasteiger charge is 2.51. The Morgan fingerprint density at radius 3 is 2.31 bits per heavy atom. The molecule has 5 fully saturated rings. The number of imide groups is 2. The summed E-state index contributed by atoms with van der Waals surface area (Å²) in [4.78, 5) is 40.5. The van der Waals surface area contributed by atoms with Crippen LogP contribution in [0.2, 0.25) is 0 Å². The largest absolute Gasteiger partial charge is 0.490 e. The second kappa shape index (κ2) is 11.2. The fourth-order valence-corrected chi connectivity index (χ4v) is 8.10. The lowest BCUT2D eigenvalue weighted by atomic mass is 9.48. The fraction of sp³-hybridized carbons (Fsp3) is 0.400. The van der Waals surface area contributed by atoms with Gasteiger partial charge in [0.1, 0.15) is 12.2 Å². The van der Waals surface area contributed by atoms with E-state index in [2.05, 4.69) is 29.9 Å². The van der Waals surface area contributed by atoms with E-state index < -0.39 is 17.8 Å². The number of carbonyl (C=O) groups excluding carboxylic acids is 3. The lowest BCUT2D eigenvalue weighted by Gasteiger charge is -2.57. The van der Waals surface area contributed by atoms with Crippen LogP contribution in [0.15, 0.2) is 54.6 Å². The third kappa shape index (κ3) is 5.00. The summed E-state index contributed by atoms with van der Waals surface area (Å²) in [5.41, 5.74) is 3.09. The van der Waals surface area contributed by atoms with E-state index in [1.54, 1.807) is 18.2 Å². The third-order valence-electron chi connectivity index (χ3n) is 9.31. The lowest BCUT2D eigenvalue weighted by molar-refractivity contribution is -0.122. The Morgan fingerprint density at radius 2 is 1.71 bits per heavy atom. The van der Waals surface area contributed by atoms with Crippen molar-refractivity contribution in [3.05, 3.63) is 71.3 Å². The molecule has 4 aliphatic carbocycles. The second-order valence-corrected chi connectivity index (χ2v) is 12.1. The predicted octanol–water partition coefficient (Wildman–Crippen LogP) is 5.96. The first kappa shape index (κ1) is 27.8. The van der Waals surface area contributed by atoms with Crippen molar-refractivity contribution in [2.45, 2.75) is 57.3 Å². The molecule has 5 aliphatic rings. The van der Waals surface area contributed by atoms with E-state index in [0.29, 0.717) is 35.8 Å². The van der Waals surface area contributed by atoms with Gasteiger partial charge in [-0.15, -0.1) is 13.0 Å². The van der Waals surface area contributed by atoms with Gasteiger partial charge in [0.25, 0.3) is 11.8 Å². The van der Waals surface area contributed by atoms with Gasteiger partial charge >= 0.3 is 6.03 Å². The molecular weight excluding hydrogens is 528 g/mol. The summed E-state index contributed by atoms with van der Waals surface area (Å²) in [6.07, 6.45) is 16.8. The van der Waals surface area contributed by atoms with Crippen LogP contribution < -0.4 is 19.7 Å². The summed E-state index contributed by atoms with van der Waals surface area (Å²) in [5.74, 6) is 4.41. The maximum atomic E-state index is 13.7. The van der Waals surface area contributed by atoms with Crippen molar-refractivity contribution in [1.29, 1.82) is 0 Å². The monoisotopic (exact) mass is 564 g/mol. The van der Waals surface area contributed by atoms with Crippen LogP contribution in [0.3, 0.4) is 0 Å². The van der Waals surface area contributed by atoms with E-state index in [-0.39, 0.29) is 17.6 Å². The molecule has 0 unspecified atom stereocenters. The number of amides is 4. The number of barbiturate groups is 1. The van der Waals surface area contributed by atoms with Crippen LogP contribution in [0.4, 0.5) is 10.5 Å². The number of benzene rings is 2. The van der Waals surface area contributed by atoms with E-state index >= 15 is 0 Å². The van der Waals surface area contributed by atoms with Crippen molar-refractivity contribution < 1.29 is 23.9 Å². The van der Waals surface area contributed by atoms with Crippen LogP contribution >= 0.6 is 0 Å². The molecule has 1 N–H and O–H groups in total. The van der Waals surface area contributed by atoms with Crippen LogP contribution in [0.1, 0.15) is 62.1 Å². The van der Waals surface area contributed by atoms with E-state index in [9.17, 15) is 14.4 Å². The zero-order chi connectivity index (χ0) is 29.4. The number of anilines is 1.